The van der Waals surface area contributed by atoms with E-state index in [2.05, 4.69) is 31.9 Å². The molecule has 3 heteroatoms. The van der Waals surface area contributed by atoms with Crippen molar-refractivity contribution in [1.29, 1.82) is 5.26 Å². The fourth-order valence-electron chi connectivity index (χ4n) is 0.103. The third-order valence-electron chi connectivity index (χ3n) is 0.527. The summed E-state index contributed by atoms with van der Waals surface area (Å²) in [5, 5.41) is 8.18. The summed E-state index contributed by atoms with van der Waals surface area (Å²) in [6, 6.07) is 2.03. The van der Waals surface area contributed by atoms with Gasteiger partial charge in [0.2, 0.25) is 0 Å². The van der Waals surface area contributed by atoms with Crippen molar-refractivity contribution in [3.05, 3.63) is 0 Å². The van der Waals surface area contributed by atoms with Gasteiger partial charge in [-0.05, 0) is 0 Å². The van der Waals surface area contributed by atoms with E-state index in [1.54, 1.807) is 0 Å². The Bertz CT molecular complexity index is 84.2. The van der Waals surface area contributed by atoms with Gasteiger partial charge in [-0.15, -0.1) is 0 Å². The molecule has 0 spiro atoms. The first-order valence-corrected chi connectivity index (χ1v) is 3.69. The first-order valence-electron chi connectivity index (χ1n) is 1.86. The Kier molecular flexibility index (Phi) is 3.67. The highest BCUT2D eigenvalue weighted by Gasteiger charge is 2.06. The summed E-state index contributed by atoms with van der Waals surface area (Å²) < 4.78 is 0. The van der Waals surface area contributed by atoms with E-state index in [1.807, 2.05) is 13.0 Å². The maximum absolute atomic E-state index is 8.18. The van der Waals surface area contributed by atoms with E-state index in [4.69, 9.17) is 5.26 Å². The van der Waals surface area contributed by atoms with E-state index in [-0.39, 0.29) is 9.65 Å². The Morgan fingerprint density at radius 1 is 1.57 bits per heavy atom. The molecule has 2 atom stereocenters. The summed E-state index contributed by atoms with van der Waals surface area (Å²) in [4.78, 5) is 0.171. The summed E-state index contributed by atoms with van der Waals surface area (Å²) in [7, 11) is 0. The molecular formula is C4H5Br2N. The maximum Gasteiger partial charge on any atom is 0.114 e. The van der Waals surface area contributed by atoms with E-state index < -0.39 is 0 Å². The summed E-state index contributed by atoms with van der Waals surface area (Å²) in [5.74, 6) is 0. The minimum absolute atomic E-state index is 0.0625. The van der Waals surface area contributed by atoms with E-state index in [9.17, 15) is 0 Å². The van der Waals surface area contributed by atoms with E-state index in [0.29, 0.717) is 0 Å². The van der Waals surface area contributed by atoms with Gasteiger partial charge in [-0.2, -0.15) is 5.26 Å². The number of hydrogen-bond donors (Lipinski definition) is 0. The molecule has 0 saturated carbocycles. The molecule has 0 aliphatic heterocycles. The van der Waals surface area contributed by atoms with Crippen molar-refractivity contribution in [2.45, 2.75) is 16.6 Å². The molecule has 0 heterocycles. The van der Waals surface area contributed by atoms with E-state index in [0.717, 1.165) is 0 Å². The van der Waals surface area contributed by atoms with Crippen molar-refractivity contribution in [2.75, 3.05) is 0 Å². The lowest BCUT2D eigenvalue weighted by atomic mass is 10.4. The fraction of sp³-hybridized carbons (Fsp3) is 0.750. The van der Waals surface area contributed by atoms with Gasteiger partial charge in [-0.3, -0.25) is 0 Å². The molecule has 0 aromatic heterocycles. The third-order valence-corrected chi connectivity index (χ3v) is 2.76. The van der Waals surface area contributed by atoms with Crippen molar-refractivity contribution in [1.82, 2.24) is 0 Å². The van der Waals surface area contributed by atoms with Crippen molar-refractivity contribution >= 4 is 31.9 Å². The predicted molar refractivity (Wildman–Crippen MR) is 36.7 cm³/mol. The molecule has 0 aromatic carbocycles. The number of rotatable bonds is 1. The molecule has 40 valence electrons. The van der Waals surface area contributed by atoms with Crippen LogP contribution in [0.15, 0.2) is 0 Å². The zero-order chi connectivity index (χ0) is 5.86. The lowest BCUT2D eigenvalue weighted by Crippen LogP contribution is -2.04. The normalized spacial score (nSPS) is 17.4. The summed E-state index contributed by atoms with van der Waals surface area (Å²) >= 11 is 6.36. The smallest absolute Gasteiger partial charge is 0.114 e. The minimum Gasteiger partial charge on any atom is -0.197 e. The van der Waals surface area contributed by atoms with Gasteiger partial charge >= 0.3 is 0 Å². The molecule has 0 aromatic rings. The summed E-state index contributed by atoms with van der Waals surface area (Å²) in [5.41, 5.74) is 0. The van der Waals surface area contributed by atoms with Crippen LogP contribution in [0.3, 0.4) is 0 Å². The molecule has 0 aliphatic carbocycles. The van der Waals surface area contributed by atoms with E-state index >= 15 is 0 Å². The highest BCUT2D eigenvalue weighted by Crippen LogP contribution is 2.11. The molecular weight excluding hydrogens is 222 g/mol. The molecule has 0 N–H and O–H groups in total. The van der Waals surface area contributed by atoms with Gasteiger partial charge in [0.25, 0.3) is 0 Å². The number of halogens is 2. The molecule has 0 saturated heterocycles. The van der Waals surface area contributed by atoms with Crippen LogP contribution < -0.4 is 0 Å². The second-order valence-corrected chi connectivity index (χ2v) is 3.64. The predicted octanol–water partition coefficient (Wildman–Crippen LogP) is 2.06. The SMILES string of the molecule is C[C@H](Br)[C@@H](Br)C#N. The largest absolute Gasteiger partial charge is 0.197 e. The highest BCUT2D eigenvalue weighted by atomic mass is 79.9. The zero-order valence-electron chi connectivity index (χ0n) is 3.86. The summed E-state index contributed by atoms with van der Waals surface area (Å²) in [6.07, 6.45) is 0. The molecule has 0 rings (SSSR count). The van der Waals surface area contributed by atoms with Gasteiger partial charge in [-0.1, -0.05) is 38.8 Å². The Morgan fingerprint density at radius 2 is 2.00 bits per heavy atom. The number of nitrogens with zero attached hydrogens (tertiary/aromatic N) is 1. The second-order valence-electron chi connectivity index (χ2n) is 1.21. The van der Waals surface area contributed by atoms with Gasteiger partial charge in [-0.25, -0.2) is 0 Å². The second kappa shape index (κ2) is 3.45. The van der Waals surface area contributed by atoms with Crippen LogP contribution in [0.4, 0.5) is 0 Å². The van der Waals surface area contributed by atoms with Crippen molar-refractivity contribution in [3.8, 4) is 6.07 Å². The van der Waals surface area contributed by atoms with Crippen LogP contribution in [0.2, 0.25) is 0 Å². The molecule has 7 heavy (non-hydrogen) atoms. The molecule has 0 bridgehead atoms. The molecule has 0 radical (unpaired) electrons. The zero-order valence-corrected chi connectivity index (χ0v) is 7.03. The number of nitriles is 1. The van der Waals surface area contributed by atoms with Gasteiger partial charge in [0.05, 0.1) is 6.07 Å². The van der Waals surface area contributed by atoms with Crippen LogP contribution in [0.5, 0.6) is 0 Å². The lowest BCUT2D eigenvalue weighted by molar-refractivity contribution is 1.04. The first-order chi connectivity index (χ1) is 3.18. The molecule has 0 fully saturated rings. The van der Waals surface area contributed by atoms with Gasteiger partial charge < -0.3 is 0 Å². The Morgan fingerprint density at radius 3 is 2.00 bits per heavy atom. The Balaban J connectivity index is 3.40. The van der Waals surface area contributed by atoms with Crippen molar-refractivity contribution < 1.29 is 0 Å². The number of hydrogen-bond acceptors (Lipinski definition) is 1. The van der Waals surface area contributed by atoms with Crippen molar-refractivity contribution in [3.63, 3.8) is 0 Å². The van der Waals surface area contributed by atoms with Crippen LogP contribution >= 0.6 is 31.9 Å². The quantitative estimate of drug-likeness (QED) is 0.628. The van der Waals surface area contributed by atoms with Gasteiger partial charge in [0, 0.05) is 4.83 Å². The monoisotopic (exact) mass is 225 g/mol. The topological polar surface area (TPSA) is 23.8 Å². The Labute approximate surface area is 60.0 Å². The lowest BCUT2D eigenvalue weighted by Gasteiger charge is -1.98. The highest BCUT2D eigenvalue weighted by molar-refractivity contribution is 9.12. The number of alkyl halides is 2. The minimum atomic E-state index is -0.0625. The summed E-state index contributed by atoms with van der Waals surface area (Å²) in [6.45, 7) is 1.92. The van der Waals surface area contributed by atoms with Crippen LogP contribution in [0.1, 0.15) is 6.92 Å². The molecule has 1 nitrogen and oxygen atoms in total. The first kappa shape index (κ1) is 7.45. The fourth-order valence-corrected chi connectivity index (χ4v) is 0.221. The van der Waals surface area contributed by atoms with Gasteiger partial charge in [0.1, 0.15) is 4.83 Å². The van der Waals surface area contributed by atoms with Crippen LogP contribution in [-0.4, -0.2) is 9.65 Å². The van der Waals surface area contributed by atoms with Crippen LogP contribution in [0.25, 0.3) is 0 Å². The van der Waals surface area contributed by atoms with Crippen LogP contribution in [0, 0.1) is 11.3 Å². The molecule has 0 amide bonds. The van der Waals surface area contributed by atoms with E-state index in [1.165, 1.54) is 0 Å². The average molecular weight is 227 g/mol. The van der Waals surface area contributed by atoms with Gasteiger partial charge in [0.15, 0.2) is 0 Å². The standard InChI is InChI=1S/C4H5Br2N/c1-3(5)4(6)2-7/h3-4H,1H3/t3-,4-/m0/s1. The van der Waals surface area contributed by atoms with Crippen molar-refractivity contribution in [2.24, 2.45) is 0 Å². The van der Waals surface area contributed by atoms with Crippen LogP contribution in [-0.2, 0) is 0 Å². The maximum atomic E-state index is 8.18. The molecule has 0 unspecified atom stereocenters. The Hall–Kier alpha value is 0.450. The molecule has 0 aliphatic rings. The third kappa shape index (κ3) is 3.07. The average Bonchev–Trinajstić information content (AvgIpc) is 1.65.